The second-order valence-electron chi connectivity index (χ2n) is 26.3. The molecule has 356 valence electrons. The Kier molecular flexibility index (Phi) is 8.09. The highest BCUT2D eigenvalue weighted by molar-refractivity contribution is 6.90. The molecule has 0 radical (unpaired) electrons. The fourth-order valence-electron chi connectivity index (χ4n) is 18.5. The molecule has 72 heavy (non-hydrogen) atoms. The van der Waals surface area contributed by atoms with Crippen molar-refractivity contribution < 1.29 is 9.47 Å². The van der Waals surface area contributed by atoms with Crippen LogP contribution in [0.1, 0.15) is 120 Å². The van der Waals surface area contributed by atoms with Crippen LogP contribution in [0.3, 0.4) is 0 Å². The van der Waals surface area contributed by atoms with Gasteiger partial charge in [-0.3, -0.25) is 0 Å². The summed E-state index contributed by atoms with van der Waals surface area (Å²) in [4.78, 5) is 2.61. The Labute approximate surface area is 424 Å². The van der Waals surface area contributed by atoms with Gasteiger partial charge in [-0.25, -0.2) is 0 Å². The lowest BCUT2D eigenvalue weighted by Crippen LogP contribution is -2.56. The van der Waals surface area contributed by atoms with Crippen LogP contribution in [0.4, 0.5) is 17.1 Å². The molecule has 3 aliphatic heterocycles. The van der Waals surface area contributed by atoms with Gasteiger partial charge in [0.1, 0.15) is 0 Å². The van der Waals surface area contributed by atoms with Crippen LogP contribution in [-0.2, 0) is 16.2 Å². The minimum atomic E-state index is -0.0924. The number of ether oxygens (including phenoxy) is 2. The van der Waals surface area contributed by atoms with E-state index >= 15 is 0 Å². The average molecular weight is 939 g/mol. The van der Waals surface area contributed by atoms with Crippen LogP contribution in [0.5, 0.6) is 23.0 Å². The molecule has 8 bridgehead atoms. The second-order valence-corrected chi connectivity index (χ2v) is 26.3. The maximum Gasteiger partial charge on any atom is 0.333 e. The number of hydrogen-bond donors (Lipinski definition) is 0. The fourth-order valence-corrected chi connectivity index (χ4v) is 18.5. The molecule has 5 heteroatoms. The highest BCUT2D eigenvalue weighted by atomic mass is 16.6. The van der Waals surface area contributed by atoms with Crippen LogP contribution >= 0.6 is 0 Å². The summed E-state index contributed by atoms with van der Waals surface area (Å²) in [5.41, 5.74) is 20.7. The van der Waals surface area contributed by atoms with E-state index in [1.165, 1.54) is 155 Å². The van der Waals surface area contributed by atoms with Crippen molar-refractivity contribution in [3.63, 3.8) is 0 Å². The third kappa shape index (κ3) is 5.66. The number of aryl methyl sites for hydroxylation is 1. The summed E-state index contributed by atoms with van der Waals surface area (Å²) in [7, 11) is 0. The van der Waals surface area contributed by atoms with Crippen molar-refractivity contribution in [2.75, 3.05) is 4.90 Å². The Morgan fingerprint density at radius 1 is 0.500 bits per heavy atom. The van der Waals surface area contributed by atoms with Crippen molar-refractivity contribution in [1.82, 2.24) is 4.48 Å². The van der Waals surface area contributed by atoms with Gasteiger partial charge < -0.3 is 18.9 Å². The molecule has 11 aliphatic rings. The SMILES string of the molecule is Cc1cc2c3c(c1)N(c1ccc(C(C)(C)C)cc1-c1ccccc1)c1cc4c(cc1B3n1c3ccc(C56CC7CC(CC(C7)C5)C6)cc3c3cc(C56CC7CC(CC(C7)C5)C6)cc-2c31)Oc1ccccc1O4. The van der Waals surface area contributed by atoms with Gasteiger partial charge in [0, 0.05) is 50.4 Å². The first-order valence-corrected chi connectivity index (χ1v) is 27.9. The van der Waals surface area contributed by atoms with Gasteiger partial charge in [-0.05, 0) is 241 Å². The minimum Gasteiger partial charge on any atom is -0.450 e. The van der Waals surface area contributed by atoms with Crippen LogP contribution in [0.25, 0.3) is 44.1 Å². The van der Waals surface area contributed by atoms with Gasteiger partial charge in [0.2, 0.25) is 0 Å². The molecule has 0 N–H and O–H groups in total. The van der Waals surface area contributed by atoms with E-state index in [0.717, 1.165) is 64.2 Å². The molecule has 8 fully saturated rings. The normalized spacial score (nSPS) is 28.4. The maximum absolute atomic E-state index is 6.90. The van der Waals surface area contributed by atoms with E-state index in [4.69, 9.17) is 9.47 Å². The zero-order chi connectivity index (χ0) is 47.6. The van der Waals surface area contributed by atoms with E-state index in [0.29, 0.717) is 5.41 Å². The van der Waals surface area contributed by atoms with Crippen molar-refractivity contribution in [2.24, 2.45) is 35.5 Å². The summed E-state index contributed by atoms with van der Waals surface area (Å²) < 4.78 is 16.6. The summed E-state index contributed by atoms with van der Waals surface area (Å²) in [6.07, 6.45) is 17.0. The number of anilines is 3. The number of para-hydroxylation sites is 2. The Morgan fingerprint density at radius 3 is 1.74 bits per heavy atom. The molecule has 8 aromatic rings. The van der Waals surface area contributed by atoms with E-state index in [-0.39, 0.29) is 17.7 Å². The number of fused-ring (bicyclic) bond motifs is 9. The lowest BCUT2D eigenvalue weighted by molar-refractivity contribution is -0.00527. The van der Waals surface area contributed by atoms with Crippen molar-refractivity contribution >= 4 is 56.6 Å². The van der Waals surface area contributed by atoms with Gasteiger partial charge in [-0.2, -0.15) is 0 Å². The lowest BCUT2D eigenvalue weighted by atomic mass is 9.44. The summed E-state index contributed by atoms with van der Waals surface area (Å²) in [5.74, 6) is 8.37. The largest absolute Gasteiger partial charge is 0.450 e. The average Bonchev–Trinajstić information content (AvgIpc) is 3.69. The van der Waals surface area contributed by atoms with Gasteiger partial charge in [0.05, 0.1) is 5.69 Å². The number of nitrogens with zero attached hydrogens (tertiary/aromatic N) is 2. The molecule has 0 atom stereocenters. The molecule has 1 aromatic heterocycles. The van der Waals surface area contributed by atoms with Gasteiger partial charge in [0.25, 0.3) is 0 Å². The maximum atomic E-state index is 6.90. The number of benzene rings is 7. The van der Waals surface area contributed by atoms with Crippen LogP contribution in [0.2, 0.25) is 0 Å². The highest BCUT2D eigenvalue weighted by Crippen LogP contribution is 2.64. The van der Waals surface area contributed by atoms with Gasteiger partial charge >= 0.3 is 6.85 Å². The monoisotopic (exact) mass is 938 g/mol. The smallest absolute Gasteiger partial charge is 0.333 e. The number of aromatic nitrogens is 1. The zero-order valence-corrected chi connectivity index (χ0v) is 42.4. The second kappa shape index (κ2) is 14.1. The van der Waals surface area contributed by atoms with Gasteiger partial charge in [-0.1, -0.05) is 81.4 Å². The molecular weight excluding hydrogens is 876 g/mol. The molecule has 4 nitrogen and oxygen atoms in total. The molecule has 0 spiro atoms. The quantitative estimate of drug-likeness (QED) is 0.165. The molecule has 4 heterocycles. The van der Waals surface area contributed by atoms with Crippen molar-refractivity contribution in [2.45, 2.75) is 121 Å². The van der Waals surface area contributed by atoms with Crippen LogP contribution in [0.15, 0.2) is 127 Å². The Morgan fingerprint density at radius 2 is 1.10 bits per heavy atom. The van der Waals surface area contributed by atoms with Gasteiger partial charge in [0.15, 0.2) is 23.0 Å². The summed E-state index contributed by atoms with van der Waals surface area (Å²) in [5, 5.41) is 2.95. The predicted molar refractivity (Wildman–Crippen MR) is 295 cm³/mol. The minimum absolute atomic E-state index is 0.0262. The Hall–Kier alpha value is -6.20. The molecule has 0 unspecified atom stereocenters. The fraction of sp³-hybridized carbons (Fsp3) is 0.373. The first kappa shape index (κ1) is 41.3. The Bertz CT molecular complexity index is 3620. The molecule has 19 rings (SSSR count). The van der Waals surface area contributed by atoms with E-state index in [2.05, 4.69) is 140 Å². The van der Waals surface area contributed by atoms with Crippen molar-refractivity contribution in [3.8, 4) is 45.3 Å². The van der Waals surface area contributed by atoms with E-state index in [9.17, 15) is 0 Å². The van der Waals surface area contributed by atoms with E-state index < -0.39 is 0 Å². The van der Waals surface area contributed by atoms with Crippen LogP contribution < -0.4 is 25.3 Å². The van der Waals surface area contributed by atoms with Gasteiger partial charge in [-0.15, -0.1) is 0 Å². The highest BCUT2D eigenvalue weighted by Gasteiger charge is 2.54. The van der Waals surface area contributed by atoms with Crippen molar-refractivity contribution in [3.05, 3.63) is 150 Å². The predicted octanol–water partition coefficient (Wildman–Crippen LogP) is 16.3. The summed E-state index contributed by atoms with van der Waals surface area (Å²) in [6.45, 7) is 9.24. The van der Waals surface area contributed by atoms with Crippen molar-refractivity contribution in [1.29, 1.82) is 0 Å². The lowest BCUT2D eigenvalue weighted by Gasteiger charge is -2.57. The van der Waals surface area contributed by atoms with E-state index in [1.54, 1.807) is 11.1 Å². The first-order valence-electron chi connectivity index (χ1n) is 27.9. The Balaban J connectivity index is 0.966. The standard InChI is InChI=1S/C67H63BN2O2/c1-38-18-51-53-29-48(67-35-42-23-43(36-67)25-44(24-42)37-67)28-52-50-27-47(66-32-39-20-40(33-66)22-41(21-39)34-66)15-17-56(50)70(64(52)53)68-54-30-61-62(72-60-13-9-8-12-59(60)71-61)31-57(54)69(58(19-38)63(51)68)55-16-14-46(65(2,3)4)26-49(55)45-10-6-5-7-11-45/h5-19,26-31,39-44H,20-25,32-37H2,1-4H3. The zero-order valence-electron chi connectivity index (χ0n) is 42.4. The van der Waals surface area contributed by atoms with E-state index in [1.807, 2.05) is 24.3 Å². The van der Waals surface area contributed by atoms with Crippen LogP contribution in [-0.4, -0.2) is 11.3 Å². The third-order valence-corrected chi connectivity index (χ3v) is 20.7. The molecule has 0 amide bonds. The topological polar surface area (TPSA) is 26.6 Å². The molecular formula is C67H63BN2O2. The summed E-state index contributed by atoms with van der Waals surface area (Å²) in [6, 6.07) is 49.7. The summed E-state index contributed by atoms with van der Waals surface area (Å²) >= 11 is 0. The molecule has 0 saturated heterocycles. The molecule has 8 saturated carbocycles. The third-order valence-electron chi connectivity index (χ3n) is 20.7. The molecule has 8 aliphatic carbocycles. The van der Waals surface area contributed by atoms with Crippen LogP contribution in [0, 0.1) is 42.4 Å². The molecule has 7 aromatic carbocycles. The number of rotatable bonds is 4. The number of hydrogen-bond acceptors (Lipinski definition) is 3. The first-order chi connectivity index (χ1) is 35.0.